The number of benzene rings is 2. The monoisotopic (exact) mass is 355 g/mol. The maximum absolute atomic E-state index is 12.5. The van der Waals surface area contributed by atoms with Crippen molar-refractivity contribution in [1.29, 1.82) is 0 Å². The van der Waals surface area contributed by atoms with Gasteiger partial charge in [-0.2, -0.15) is 5.10 Å². The first-order chi connectivity index (χ1) is 13.3. The summed E-state index contributed by atoms with van der Waals surface area (Å²) in [6.45, 7) is 0. The molecule has 0 aliphatic heterocycles. The number of nitrogens with zero attached hydrogens (tertiary/aromatic N) is 3. The average molecular weight is 355 g/mol. The van der Waals surface area contributed by atoms with Crippen LogP contribution in [0.3, 0.4) is 0 Å². The number of aromatic amines is 1. The molecule has 0 amide bonds. The lowest BCUT2D eigenvalue weighted by atomic mass is 10.1. The third-order valence-electron chi connectivity index (χ3n) is 4.79. The zero-order valence-corrected chi connectivity index (χ0v) is 14.5. The van der Waals surface area contributed by atoms with Crippen LogP contribution in [0.5, 0.6) is 0 Å². The van der Waals surface area contributed by atoms with Gasteiger partial charge in [0, 0.05) is 22.2 Å². The molecule has 2 aromatic heterocycles. The third kappa shape index (κ3) is 2.71. The molecular weight excluding hydrogens is 338 g/mol. The number of H-pyrrole nitrogens is 1. The van der Waals surface area contributed by atoms with Gasteiger partial charge in [-0.3, -0.25) is 4.57 Å². The summed E-state index contributed by atoms with van der Waals surface area (Å²) in [5, 5.41) is 13.6. The van der Waals surface area contributed by atoms with E-state index in [0.29, 0.717) is 5.82 Å². The fourth-order valence-electron chi connectivity index (χ4n) is 3.51. The Kier molecular flexibility index (Phi) is 3.60. The highest BCUT2D eigenvalue weighted by molar-refractivity contribution is 5.93. The van der Waals surface area contributed by atoms with Gasteiger partial charge in [-0.1, -0.05) is 36.4 Å². The summed E-state index contributed by atoms with van der Waals surface area (Å²) in [5.74, 6) is 0.689. The quantitative estimate of drug-likeness (QED) is 0.577. The molecule has 5 rings (SSSR count). The fourth-order valence-corrected chi connectivity index (χ4v) is 3.51. The second-order valence-corrected chi connectivity index (χ2v) is 6.53. The van der Waals surface area contributed by atoms with E-state index in [1.807, 2.05) is 54.6 Å². The summed E-state index contributed by atoms with van der Waals surface area (Å²) in [6, 6.07) is 13.8. The number of rotatable bonds is 3. The van der Waals surface area contributed by atoms with Crippen LogP contribution >= 0.6 is 0 Å². The van der Waals surface area contributed by atoms with E-state index in [0.717, 1.165) is 46.0 Å². The van der Waals surface area contributed by atoms with Gasteiger partial charge in [-0.05, 0) is 37.1 Å². The van der Waals surface area contributed by atoms with Gasteiger partial charge in [0.1, 0.15) is 0 Å². The van der Waals surface area contributed by atoms with Gasteiger partial charge in [0.2, 0.25) is 0 Å². The van der Waals surface area contributed by atoms with E-state index in [2.05, 4.69) is 26.6 Å². The number of anilines is 2. The standard InChI is InChI=1S/C21H17N5O/c27-21-24-18-12-15(10-11-19(18)26(21)16-7-2-1-3-8-16)23-20-17-9-5-4-6-14(17)13-22-25-20/h1-2,4-7,9-13H,3,8H2,(H,23,25)(H,24,27). The predicted molar refractivity (Wildman–Crippen MR) is 108 cm³/mol. The van der Waals surface area contributed by atoms with E-state index in [1.54, 1.807) is 10.8 Å². The zero-order chi connectivity index (χ0) is 18.2. The van der Waals surface area contributed by atoms with Gasteiger partial charge >= 0.3 is 5.69 Å². The molecule has 6 nitrogen and oxygen atoms in total. The van der Waals surface area contributed by atoms with Crippen LogP contribution in [0, 0.1) is 0 Å². The second-order valence-electron chi connectivity index (χ2n) is 6.53. The number of hydrogen-bond donors (Lipinski definition) is 2. The molecule has 27 heavy (non-hydrogen) atoms. The molecule has 0 atom stereocenters. The van der Waals surface area contributed by atoms with Crippen molar-refractivity contribution >= 4 is 39.0 Å². The Bertz CT molecular complexity index is 1270. The van der Waals surface area contributed by atoms with Crippen molar-refractivity contribution in [2.45, 2.75) is 12.8 Å². The summed E-state index contributed by atoms with van der Waals surface area (Å²) in [6.07, 6.45) is 9.65. The molecule has 132 valence electrons. The lowest BCUT2D eigenvalue weighted by Gasteiger charge is -2.11. The molecule has 0 unspecified atom stereocenters. The molecule has 0 saturated carbocycles. The molecule has 2 aromatic carbocycles. The Balaban J connectivity index is 1.57. The van der Waals surface area contributed by atoms with Crippen molar-refractivity contribution in [1.82, 2.24) is 19.7 Å². The smallest absolute Gasteiger partial charge is 0.330 e. The van der Waals surface area contributed by atoms with Crippen molar-refractivity contribution in [2.75, 3.05) is 5.32 Å². The van der Waals surface area contributed by atoms with Crippen LogP contribution in [-0.4, -0.2) is 19.7 Å². The van der Waals surface area contributed by atoms with E-state index in [4.69, 9.17) is 0 Å². The molecule has 0 saturated heterocycles. The van der Waals surface area contributed by atoms with E-state index in [1.165, 1.54) is 0 Å². The summed E-state index contributed by atoms with van der Waals surface area (Å²) in [5.41, 5.74) is 3.40. The van der Waals surface area contributed by atoms with Gasteiger partial charge in [-0.25, -0.2) is 4.79 Å². The van der Waals surface area contributed by atoms with Crippen LogP contribution in [0.2, 0.25) is 0 Å². The molecule has 1 aliphatic rings. The number of imidazole rings is 1. The van der Waals surface area contributed by atoms with Crippen LogP contribution in [0.1, 0.15) is 12.8 Å². The topological polar surface area (TPSA) is 75.6 Å². The number of nitrogens with one attached hydrogen (secondary N) is 2. The van der Waals surface area contributed by atoms with Gasteiger partial charge < -0.3 is 10.3 Å². The highest BCUT2D eigenvalue weighted by atomic mass is 16.1. The van der Waals surface area contributed by atoms with Crippen molar-refractivity contribution in [3.05, 3.63) is 77.4 Å². The predicted octanol–water partition coefficient (Wildman–Crippen LogP) is 4.21. The Hall–Kier alpha value is -3.67. The van der Waals surface area contributed by atoms with E-state index in [9.17, 15) is 4.79 Å². The first kappa shape index (κ1) is 15.6. The van der Waals surface area contributed by atoms with Crippen LogP contribution < -0.4 is 11.0 Å². The summed E-state index contributed by atoms with van der Waals surface area (Å²) in [7, 11) is 0. The van der Waals surface area contributed by atoms with E-state index >= 15 is 0 Å². The minimum absolute atomic E-state index is 0.117. The van der Waals surface area contributed by atoms with Crippen molar-refractivity contribution in [3.8, 4) is 0 Å². The highest BCUT2D eigenvalue weighted by Gasteiger charge is 2.12. The van der Waals surface area contributed by atoms with Crippen molar-refractivity contribution in [3.63, 3.8) is 0 Å². The molecule has 0 radical (unpaired) electrons. The SMILES string of the molecule is O=c1[nH]c2cc(Nc3nncc4ccccc34)ccc2n1C1=CC=CCC1. The molecule has 0 spiro atoms. The average Bonchev–Trinajstić information content (AvgIpc) is 3.04. The molecule has 2 heterocycles. The van der Waals surface area contributed by atoms with E-state index < -0.39 is 0 Å². The van der Waals surface area contributed by atoms with E-state index in [-0.39, 0.29) is 5.69 Å². The fraction of sp³-hybridized carbons (Fsp3) is 0.0952. The van der Waals surface area contributed by atoms with Gasteiger partial charge in [0.25, 0.3) is 0 Å². The molecular formula is C21H17N5O. The molecule has 4 aromatic rings. The Morgan fingerprint density at radius 2 is 2.07 bits per heavy atom. The van der Waals surface area contributed by atoms with Crippen LogP contribution in [0.15, 0.2) is 71.7 Å². The Morgan fingerprint density at radius 1 is 1.15 bits per heavy atom. The summed E-state index contributed by atoms with van der Waals surface area (Å²) >= 11 is 0. The largest absolute Gasteiger partial charge is 0.338 e. The minimum Gasteiger partial charge on any atom is -0.338 e. The number of aromatic nitrogens is 4. The second kappa shape index (κ2) is 6.25. The lowest BCUT2D eigenvalue weighted by molar-refractivity contribution is 0.926. The minimum atomic E-state index is -0.117. The van der Waals surface area contributed by atoms with Gasteiger partial charge in [0.05, 0.1) is 17.2 Å². The summed E-state index contributed by atoms with van der Waals surface area (Å²) < 4.78 is 1.75. The number of allylic oxidation sites excluding steroid dienone is 4. The van der Waals surface area contributed by atoms with Gasteiger partial charge in [-0.15, -0.1) is 5.10 Å². The number of hydrogen-bond acceptors (Lipinski definition) is 4. The normalized spacial score (nSPS) is 13.9. The molecule has 2 N–H and O–H groups in total. The maximum Gasteiger partial charge on any atom is 0.330 e. The molecule has 0 fully saturated rings. The van der Waals surface area contributed by atoms with Gasteiger partial charge in [0.15, 0.2) is 5.82 Å². The Labute approximate surface area is 154 Å². The molecule has 1 aliphatic carbocycles. The molecule has 6 heteroatoms. The number of fused-ring (bicyclic) bond motifs is 2. The lowest BCUT2D eigenvalue weighted by Crippen LogP contribution is -2.16. The maximum atomic E-state index is 12.5. The van der Waals surface area contributed by atoms with Crippen molar-refractivity contribution in [2.24, 2.45) is 0 Å². The highest BCUT2D eigenvalue weighted by Crippen LogP contribution is 2.26. The molecule has 0 bridgehead atoms. The van der Waals surface area contributed by atoms with Crippen LogP contribution in [0.4, 0.5) is 11.5 Å². The van der Waals surface area contributed by atoms with Crippen LogP contribution in [0.25, 0.3) is 27.5 Å². The first-order valence-corrected chi connectivity index (χ1v) is 8.88. The zero-order valence-electron chi connectivity index (χ0n) is 14.5. The third-order valence-corrected chi connectivity index (χ3v) is 4.79. The first-order valence-electron chi connectivity index (χ1n) is 8.88. The Morgan fingerprint density at radius 3 is 2.96 bits per heavy atom. The summed E-state index contributed by atoms with van der Waals surface area (Å²) in [4.78, 5) is 15.4. The van der Waals surface area contributed by atoms with Crippen molar-refractivity contribution < 1.29 is 0 Å². The van der Waals surface area contributed by atoms with Crippen LogP contribution in [-0.2, 0) is 0 Å².